The molecule has 0 unspecified atom stereocenters. The molecule has 490 valence electrons. The van der Waals surface area contributed by atoms with E-state index in [-0.39, 0.29) is 58.7 Å². The molecule has 0 aliphatic heterocycles. The van der Waals surface area contributed by atoms with Crippen molar-refractivity contribution in [3.63, 3.8) is 0 Å². The Morgan fingerprint density at radius 2 is 0.771 bits per heavy atom. The first-order chi connectivity index (χ1) is 45.9. The van der Waals surface area contributed by atoms with E-state index < -0.39 is 6.36 Å². The molecule has 6 heterocycles. The van der Waals surface area contributed by atoms with Gasteiger partial charge in [-0.3, -0.25) is 14.4 Å². The lowest BCUT2D eigenvalue weighted by Crippen LogP contribution is -2.31. The molecule has 26 heteroatoms. The second kappa shape index (κ2) is 28.8. The van der Waals surface area contributed by atoms with E-state index in [1.807, 2.05) is 43.3 Å². The van der Waals surface area contributed by atoms with Crippen LogP contribution in [0.3, 0.4) is 0 Å². The zero-order chi connectivity index (χ0) is 66.2. The largest absolute Gasteiger partial charge is 0.573 e. The normalized spacial score (nSPS) is 14.3. The highest BCUT2D eigenvalue weighted by atomic mass is 35.5. The molecule has 3 aliphatic carbocycles. The molecule has 96 heavy (non-hydrogen) atoms. The molecule has 1 N–H and O–H groups in total. The first-order valence-corrected chi connectivity index (χ1v) is 30.8. The van der Waals surface area contributed by atoms with Gasteiger partial charge in [-0.2, -0.15) is 0 Å². The summed E-state index contributed by atoms with van der Waals surface area (Å²) in [6, 6.07) is 44.2. The van der Waals surface area contributed by atoms with Crippen molar-refractivity contribution < 1.29 is 32.5 Å². The summed E-state index contributed by atoms with van der Waals surface area (Å²) < 4.78 is 56.7. The molecule has 0 atom stereocenters. The van der Waals surface area contributed by atoms with Crippen LogP contribution in [0.4, 0.5) is 13.2 Å². The minimum absolute atomic E-state index is 0. The number of rotatable bonds is 17. The predicted molar refractivity (Wildman–Crippen MR) is 355 cm³/mol. The van der Waals surface area contributed by atoms with Crippen LogP contribution in [-0.2, 0) is 19.6 Å². The summed E-state index contributed by atoms with van der Waals surface area (Å²) in [6.07, 6.45) is 10.4. The van der Waals surface area contributed by atoms with Gasteiger partial charge in [0, 0.05) is 53.4 Å². The lowest BCUT2D eigenvalue weighted by atomic mass is 10.0. The fraction of sp³-hybridized carbons (Fsp3) is 0.271. The number of alkyl halides is 3. The molecule has 3 aliphatic rings. The quantitative estimate of drug-likeness (QED) is 0.0830. The summed E-state index contributed by atoms with van der Waals surface area (Å²) in [5, 5.41) is 36.2. The van der Waals surface area contributed by atoms with Crippen LogP contribution < -0.4 is 30.9 Å². The number of aliphatic hydroxyl groups excluding tert-OH is 1. The molecule has 0 saturated heterocycles. The Morgan fingerprint density at radius 1 is 0.458 bits per heavy atom. The maximum Gasteiger partial charge on any atom is 0.573 e. The summed E-state index contributed by atoms with van der Waals surface area (Å²) in [6.45, 7) is 6.24. The third-order valence-corrected chi connectivity index (χ3v) is 16.8. The topological polar surface area (TPSA) is 269 Å². The van der Waals surface area contributed by atoms with E-state index >= 15 is 0 Å². The minimum Gasteiger partial charge on any atom is -0.463 e. The number of ether oxygens (including phenoxy) is 3. The predicted octanol–water partition coefficient (Wildman–Crippen LogP) is 11.7. The fourth-order valence-corrected chi connectivity index (χ4v) is 10.5. The van der Waals surface area contributed by atoms with Gasteiger partial charge >= 0.3 is 18.4 Å². The Morgan fingerprint density at radius 3 is 1.07 bits per heavy atom. The van der Waals surface area contributed by atoms with Gasteiger partial charge in [0.25, 0.3) is 16.7 Å². The van der Waals surface area contributed by atoms with Crippen molar-refractivity contribution in [1.82, 2.24) is 74.9 Å². The molecule has 6 aromatic carbocycles. The maximum atomic E-state index is 13.2. The van der Waals surface area contributed by atoms with Crippen LogP contribution in [-0.4, -0.2) is 106 Å². The number of aliphatic hydroxyl groups is 1. The minimum atomic E-state index is -4.76. The van der Waals surface area contributed by atoms with Crippen molar-refractivity contribution in [3.05, 3.63) is 230 Å². The number of nitrogens with zero attached hydrogens (tertiary/aromatic N) is 15. The number of aryl methyl sites for hydroxylation is 2. The second-order valence-electron chi connectivity index (χ2n) is 24.0. The number of hydrogen-bond donors (Lipinski definition) is 1. The number of halogens is 4. The van der Waals surface area contributed by atoms with Crippen LogP contribution >= 0.6 is 11.6 Å². The smallest absolute Gasteiger partial charge is 0.463 e. The number of benzene rings is 6. The Bertz CT molecular complexity index is 4840. The molecule has 22 nitrogen and oxygen atoms in total. The van der Waals surface area contributed by atoms with Crippen molar-refractivity contribution in [2.24, 2.45) is 16.2 Å². The molecular formula is C70H65ClF3N15O7. The lowest BCUT2D eigenvalue weighted by Gasteiger charge is -2.16. The summed E-state index contributed by atoms with van der Waals surface area (Å²) in [5.41, 5.74) is 8.33. The van der Waals surface area contributed by atoms with Gasteiger partial charge in [-0.05, 0) is 164 Å². The highest BCUT2D eigenvalue weighted by molar-refractivity contribution is 6.28. The standard InChI is InChI=1S/C23H18F3N5O3.C23H21N5O2.C19H19N3O2.C4H3ClN2.CH4/c24-23(25,26)34-17-5-2-15(3-6-17)16-4-7-19-18(12-16)20(32)31(30-29-19)13-22(8-9-22)14-33-21-27-10-1-11-28-21;1-16-3-5-17(6-4-16)18-7-8-20-19(13-18)21(29)28(27-26-20)14-23(9-10-23)15-30-22-24-11-2-12-25-22;1-13-2-4-14(5-3-13)15-6-7-17-16(10-15)18(24)22(21-20-17)11-19(12-23)8-9-19;5-4-6-2-1-3-7-4;/h1-7,10-12H,8-9,13-14H2;2-8,11-13H,9-10,14-15H2,1H3;2-7,10,23H,8-9,11-12H2,1H3;1-3H;1H4. The first-order valence-electron chi connectivity index (χ1n) is 30.4. The van der Waals surface area contributed by atoms with Crippen LogP contribution in [0.5, 0.6) is 17.8 Å². The van der Waals surface area contributed by atoms with E-state index in [0.717, 1.165) is 60.8 Å². The third-order valence-electron chi connectivity index (χ3n) is 16.7. The second-order valence-corrected chi connectivity index (χ2v) is 24.3. The van der Waals surface area contributed by atoms with Gasteiger partial charge in [-0.25, -0.2) is 43.9 Å². The number of aromatic nitrogens is 15. The van der Waals surface area contributed by atoms with Crippen molar-refractivity contribution in [3.8, 4) is 51.2 Å². The average Bonchev–Trinajstić information content (AvgIpc) is 1.66. The van der Waals surface area contributed by atoms with Crippen molar-refractivity contribution in [2.45, 2.75) is 85.8 Å². The highest BCUT2D eigenvalue weighted by Crippen LogP contribution is 2.48. The monoisotopic (exact) mass is 1320 g/mol. The van der Waals surface area contributed by atoms with E-state index in [4.69, 9.17) is 21.1 Å². The van der Waals surface area contributed by atoms with E-state index in [9.17, 15) is 32.7 Å². The maximum absolute atomic E-state index is 13.2. The molecule has 3 saturated carbocycles. The Hall–Kier alpha value is -10.8. The van der Waals surface area contributed by atoms with Gasteiger partial charge < -0.3 is 19.3 Å². The molecule has 0 radical (unpaired) electrons. The van der Waals surface area contributed by atoms with E-state index in [1.54, 1.807) is 73.6 Å². The zero-order valence-electron chi connectivity index (χ0n) is 51.4. The molecule has 0 amide bonds. The van der Waals surface area contributed by atoms with Crippen LogP contribution in [0.1, 0.15) is 57.1 Å². The first kappa shape index (κ1) is 66.7. The van der Waals surface area contributed by atoms with Crippen LogP contribution in [0.25, 0.3) is 66.1 Å². The number of hydrogen-bond acceptors (Lipinski definition) is 19. The number of fused-ring (bicyclic) bond motifs is 3. The molecule has 0 bridgehead atoms. The van der Waals surface area contributed by atoms with E-state index in [2.05, 4.69) is 121 Å². The van der Waals surface area contributed by atoms with E-state index in [0.29, 0.717) is 88.0 Å². The molecular weight excluding hydrogens is 1260 g/mol. The summed E-state index contributed by atoms with van der Waals surface area (Å²) >= 11 is 5.32. The van der Waals surface area contributed by atoms with Crippen LogP contribution in [0.15, 0.2) is 197 Å². The third kappa shape index (κ3) is 16.8. The highest BCUT2D eigenvalue weighted by Gasteiger charge is 2.46. The van der Waals surface area contributed by atoms with Crippen molar-refractivity contribution >= 4 is 44.3 Å². The fourth-order valence-electron chi connectivity index (χ4n) is 10.4. The zero-order valence-corrected chi connectivity index (χ0v) is 52.2. The Kier molecular flexibility index (Phi) is 20.0. The summed E-state index contributed by atoms with van der Waals surface area (Å²) in [7, 11) is 0. The summed E-state index contributed by atoms with van der Waals surface area (Å²) in [4.78, 5) is 62.6. The van der Waals surface area contributed by atoms with Gasteiger partial charge in [0.15, 0.2) is 0 Å². The van der Waals surface area contributed by atoms with Crippen molar-refractivity contribution in [2.75, 3.05) is 19.8 Å². The SMILES string of the molecule is C.Cc1ccc(-c2ccc3nnn(CC4(CO)CC4)c(=O)c3c2)cc1.Cc1ccc(-c2ccc3nnn(CC4(COc5ncccn5)CC4)c(=O)c3c2)cc1.Clc1ncccn1.O=c1c2cc(-c3ccc(OC(F)(F)F)cc3)ccc2nnn1CC1(COc2ncccn2)CC1. The Balaban J connectivity index is 0.000000140. The van der Waals surface area contributed by atoms with Gasteiger partial charge in [-0.1, -0.05) is 113 Å². The van der Waals surface area contributed by atoms with Gasteiger partial charge in [0.05, 0.1) is 55.6 Å². The molecule has 3 fully saturated rings. The van der Waals surface area contributed by atoms with Gasteiger partial charge in [0.1, 0.15) is 22.3 Å². The lowest BCUT2D eigenvalue weighted by molar-refractivity contribution is -0.274. The van der Waals surface area contributed by atoms with Crippen LogP contribution in [0.2, 0.25) is 5.28 Å². The molecule has 0 spiro atoms. The van der Waals surface area contributed by atoms with E-state index in [1.165, 1.54) is 49.4 Å². The van der Waals surface area contributed by atoms with Crippen LogP contribution in [0, 0.1) is 30.1 Å². The summed E-state index contributed by atoms with van der Waals surface area (Å²) in [5.74, 6) is -0.317. The Labute approximate surface area is 552 Å². The van der Waals surface area contributed by atoms with Crippen molar-refractivity contribution in [1.29, 1.82) is 0 Å². The average molecular weight is 1320 g/mol. The molecule has 15 rings (SSSR count). The van der Waals surface area contributed by atoms with Gasteiger partial charge in [-0.15, -0.1) is 28.5 Å². The molecule has 12 aromatic rings. The van der Waals surface area contributed by atoms with Gasteiger partial charge in [0.2, 0.25) is 5.28 Å². The molecule has 6 aromatic heterocycles.